The molecule has 0 bridgehead atoms. The van der Waals surface area contributed by atoms with Crippen LogP contribution in [-0.2, 0) is 4.79 Å². The van der Waals surface area contributed by atoms with Crippen molar-refractivity contribution in [1.82, 2.24) is 10.6 Å². The Bertz CT molecular complexity index is 466. The fourth-order valence-electron chi connectivity index (χ4n) is 2.30. The summed E-state index contributed by atoms with van der Waals surface area (Å²) in [5, 5.41) is 6.50. The monoisotopic (exact) mass is 275 g/mol. The maximum absolute atomic E-state index is 11.9. The Kier molecular flexibility index (Phi) is 4.16. The van der Waals surface area contributed by atoms with Crippen LogP contribution in [0.4, 0.5) is 0 Å². The number of nitrogens with one attached hydrogen (secondary N) is 2. The number of carbonyl (C=O) groups is 1. The standard InChI is InChI=1S/C16H25N3O/c1-12(13-7-5-4-6-8-13)19-15(2,3)11-18-14(20)16(17)9-10-16/h4-8,12,19H,9-11,17H2,1-3H3,(H,18,20). The molecule has 1 amide bonds. The van der Waals surface area contributed by atoms with E-state index in [0.29, 0.717) is 6.54 Å². The molecule has 0 heterocycles. The van der Waals surface area contributed by atoms with Crippen molar-refractivity contribution in [3.63, 3.8) is 0 Å². The van der Waals surface area contributed by atoms with Gasteiger partial charge in [0.05, 0.1) is 5.54 Å². The molecule has 0 saturated heterocycles. The predicted molar refractivity (Wildman–Crippen MR) is 81.2 cm³/mol. The van der Waals surface area contributed by atoms with E-state index < -0.39 is 5.54 Å². The van der Waals surface area contributed by atoms with Crippen molar-refractivity contribution in [2.45, 2.75) is 50.7 Å². The highest BCUT2D eigenvalue weighted by molar-refractivity contribution is 5.89. The number of amides is 1. The molecule has 1 fully saturated rings. The van der Waals surface area contributed by atoms with Gasteiger partial charge in [0.15, 0.2) is 0 Å². The molecule has 1 aliphatic carbocycles. The molecule has 4 nitrogen and oxygen atoms in total. The number of nitrogens with two attached hydrogens (primary N) is 1. The quantitative estimate of drug-likeness (QED) is 0.740. The largest absolute Gasteiger partial charge is 0.353 e. The molecule has 110 valence electrons. The molecular weight excluding hydrogens is 250 g/mol. The Morgan fingerprint density at radius 1 is 1.35 bits per heavy atom. The second-order valence-corrected chi connectivity index (χ2v) is 6.50. The molecule has 4 N–H and O–H groups in total. The summed E-state index contributed by atoms with van der Waals surface area (Å²) < 4.78 is 0. The number of rotatable bonds is 6. The number of hydrogen-bond acceptors (Lipinski definition) is 3. The minimum atomic E-state index is -0.596. The highest BCUT2D eigenvalue weighted by atomic mass is 16.2. The molecule has 0 aliphatic heterocycles. The second-order valence-electron chi connectivity index (χ2n) is 6.50. The maximum atomic E-state index is 11.9. The van der Waals surface area contributed by atoms with E-state index in [9.17, 15) is 4.79 Å². The first-order valence-corrected chi connectivity index (χ1v) is 7.22. The molecule has 0 aromatic heterocycles. The Labute approximate surface area is 121 Å². The second kappa shape index (κ2) is 5.54. The van der Waals surface area contributed by atoms with E-state index in [1.807, 2.05) is 18.2 Å². The van der Waals surface area contributed by atoms with Crippen LogP contribution in [0.25, 0.3) is 0 Å². The first kappa shape index (κ1) is 15.0. The van der Waals surface area contributed by atoms with Crippen molar-refractivity contribution in [3.8, 4) is 0 Å². The van der Waals surface area contributed by atoms with Gasteiger partial charge in [-0.05, 0) is 39.2 Å². The highest BCUT2D eigenvalue weighted by Crippen LogP contribution is 2.32. The summed E-state index contributed by atoms with van der Waals surface area (Å²) in [6, 6.07) is 10.5. The van der Waals surface area contributed by atoms with Crippen LogP contribution in [0.15, 0.2) is 30.3 Å². The lowest BCUT2D eigenvalue weighted by atomic mass is 10.0. The fraction of sp³-hybridized carbons (Fsp3) is 0.562. The lowest BCUT2D eigenvalue weighted by molar-refractivity contribution is -0.123. The van der Waals surface area contributed by atoms with Crippen LogP contribution in [0, 0.1) is 0 Å². The molecule has 1 aromatic carbocycles. The lowest BCUT2D eigenvalue weighted by Gasteiger charge is -2.31. The topological polar surface area (TPSA) is 67.1 Å². The summed E-state index contributed by atoms with van der Waals surface area (Å²) in [4.78, 5) is 11.9. The number of benzene rings is 1. The third kappa shape index (κ3) is 3.81. The third-order valence-electron chi connectivity index (χ3n) is 3.84. The molecular formula is C16H25N3O. The van der Waals surface area contributed by atoms with E-state index in [2.05, 4.69) is 43.5 Å². The average Bonchev–Trinajstić information content (AvgIpc) is 3.16. The first-order valence-electron chi connectivity index (χ1n) is 7.22. The van der Waals surface area contributed by atoms with Crippen LogP contribution in [0.2, 0.25) is 0 Å². The van der Waals surface area contributed by atoms with Gasteiger partial charge in [0, 0.05) is 18.1 Å². The highest BCUT2D eigenvalue weighted by Gasteiger charge is 2.46. The Morgan fingerprint density at radius 2 is 1.95 bits per heavy atom. The van der Waals surface area contributed by atoms with E-state index in [0.717, 1.165) is 12.8 Å². The normalized spacial score (nSPS) is 18.4. The number of carbonyl (C=O) groups excluding carboxylic acids is 1. The summed E-state index contributed by atoms with van der Waals surface area (Å²) in [6.45, 7) is 6.87. The van der Waals surface area contributed by atoms with E-state index in [-0.39, 0.29) is 17.5 Å². The minimum Gasteiger partial charge on any atom is -0.353 e. The summed E-state index contributed by atoms with van der Waals surface area (Å²) in [7, 11) is 0. The average molecular weight is 275 g/mol. The summed E-state index contributed by atoms with van der Waals surface area (Å²) in [6.07, 6.45) is 1.60. The van der Waals surface area contributed by atoms with Gasteiger partial charge >= 0.3 is 0 Å². The fourth-order valence-corrected chi connectivity index (χ4v) is 2.30. The van der Waals surface area contributed by atoms with Crippen LogP contribution in [0.3, 0.4) is 0 Å². The first-order chi connectivity index (χ1) is 9.32. The SMILES string of the molecule is CC(NC(C)(C)CNC(=O)C1(N)CC1)c1ccccc1. The lowest BCUT2D eigenvalue weighted by Crippen LogP contribution is -2.53. The van der Waals surface area contributed by atoms with Crippen LogP contribution in [-0.4, -0.2) is 23.5 Å². The smallest absolute Gasteiger partial charge is 0.240 e. The van der Waals surface area contributed by atoms with Gasteiger partial charge in [-0.3, -0.25) is 4.79 Å². The van der Waals surface area contributed by atoms with Crippen LogP contribution >= 0.6 is 0 Å². The van der Waals surface area contributed by atoms with E-state index >= 15 is 0 Å². The molecule has 2 rings (SSSR count). The van der Waals surface area contributed by atoms with Gasteiger partial charge in [-0.15, -0.1) is 0 Å². The molecule has 1 atom stereocenters. The van der Waals surface area contributed by atoms with E-state index in [1.54, 1.807) is 0 Å². The van der Waals surface area contributed by atoms with Crippen LogP contribution in [0.1, 0.15) is 45.2 Å². The maximum Gasteiger partial charge on any atom is 0.240 e. The van der Waals surface area contributed by atoms with Gasteiger partial charge in [0.25, 0.3) is 0 Å². The van der Waals surface area contributed by atoms with Gasteiger partial charge in [-0.2, -0.15) is 0 Å². The zero-order chi connectivity index (χ0) is 14.8. The molecule has 1 unspecified atom stereocenters. The van der Waals surface area contributed by atoms with Crippen molar-refractivity contribution >= 4 is 5.91 Å². The molecule has 1 aliphatic rings. The van der Waals surface area contributed by atoms with Crippen LogP contribution in [0.5, 0.6) is 0 Å². The Balaban J connectivity index is 1.85. The third-order valence-corrected chi connectivity index (χ3v) is 3.84. The van der Waals surface area contributed by atoms with Gasteiger partial charge in [0.2, 0.25) is 5.91 Å². The molecule has 20 heavy (non-hydrogen) atoms. The van der Waals surface area contributed by atoms with Gasteiger partial charge in [0.1, 0.15) is 0 Å². The van der Waals surface area contributed by atoms with Crippen LogP contribution < -0.4 is 16.4 Å². The predicted octanol–water partition coefficient (Wildman–Crippen LogP) is 1.72. The van der Waals surface area contributed by atoms with Crippen molar-refractivity contribution in [1.29, 1.82) is 0 Å². The zero-order valence-electron chi connectivity index (χ0n) is 12.6. The summed E-state index contributed by atoms with van der Waals surface area (Å²) in [5.41, 5.74) is 6.34. The number of hydrogen-bond donors (Lipinski definition) is 3. The summed E-state index contributed by atoms with van der Waals surface area (Å²) >= 11 is 0. The Hall–Kier alpha value is -1.39. The van der Waals surface area contributed by atoms with E-state index in [1.165, 1.54) is 5.56 Å². The molecule has 0 spiro atoms. The van der Waals surface area contributed by atoms with Gasteiger partial charge < -0.3 is 16.4 Å². The van der Waals surface area contributed by atoms with Crippen molar-refractivity contribution in [2.24, 2.45) is 5.73 Å². The van der Waals surface area contributed by atoms with Gasteiger partial charge in [-0.1, -0.05) is 30.3 Å². The molecule has 4 heteroatoms. The molecule has 1 aromatic rings. The van der Waals surface area contributed by atoms with Crippen molar-refractivity contribution in [2.75, 3.05) is 6.54 Å². The summed E-state index contributed by atoms with van der Waals surface area (Å²) in [5.74, 6) is -0.0280. The van der Waals surface area contributed by atoms with Crippen molar-refractivity contribution in [3.05, 3.63) is 35.9 Å². The van der Waals surface area contributed by atoms with E-state index in [4.69, 9.17) is 5.73 Å². The zero-order valence-corrected chi connectivity index (χ0v) is 12.6. The molecule has 1 saturated carbocycles. The van der Waals surface area contributed by atoms with Gasteiger partial charge in [-0.25, -0.2) is 0 Å². The molecule has 0 radical (unpaired) electrons. The Morgan fingerprint density at radius 3 is 2.50 bits per heavy atom. The van der Waals surface area contributed by atoms with Crippen molar-refractivity contribution < 1.29 is 4.79 Å². The minimum absolute atomic E-state index is 0.0280.